The van der Waals surface area contributed by atoms with E-state index in [0.29, 0.717) is 48.1 Å². The number of alkyl halides is 3. The molecule has 5 N–H and O–H groups in total. The highest BCUT2D eigenvalue weighted by Crippen LogP contribution is 2.27. The van der Waals surface area contributed by atoms with Crippen molar-refractivity contribution in [2.24, 2.45) is 5.73 Å². The number of hydrogen-bond donors (Lipinski definition) is 4. The fourth-order valence-corrected chi connectivity index (χ4v) is 3.78. The molecule has 0 saturated heterocycles. The van der Waals surface area contributed by atoms with Gasteiger partial charge in [-0.2, -0.15) is 13.2 Å². The van der Waals surface area contributed by atoms with Crippen LogP contribution in [0.25, 0.3) is 0 Å². The smallest absolute Gasteiger partial charge is 0.480 e. The van der Waals surface area contributed by atoms with Crippen LogP contribution in [0.4, 0.5) is 13.2 Å². The van der Waals surface area contributed by atoms with Crippen molar-refractivity contribution in [1.82, 2.24) is 5.32 Å². The summed E-state index contributed by atoms with van der Waals surface area (Å²) in [6.45, 7) is 0. The summed E-state index contributed by atoms with van der Waals surface area (Å²) in [4.78, 5) is 59.5. The minimum Gasteiger partial charge on any atom is -0.480 e. The third-order valence-corrected chi connectivity index (χ3v) is 5.72. The molecule has 2 aromatic rings. The molecular formula is C25H22F3N3O8. The third-order valence-electron chi connectivity index (χ3n) is 5.72. The Hall–Kier alpha value is -4.75. The number of carbonyl (C=O) groups excluding carboxylic acids is 4. The number of hydrogen-bond acceptors (Lipinski definition) is 8. The summed E-state index contributed by atoms with van der Waals surface area (Å²) in [5, 5.41) is 18.9. The summed E-state index contributed by atoms with van der Waals surface area (Å²) in [6, 6.07) is 6.62. The van der Waals surface area contributed by atoms with Gasteiger partial charge >= 0.3 is 30.1 Å². The predicted molar refractivity (Wildman–Crippen MR) is 126 cm³/mol. The van der Waals surface area contributed by atoms with E-state index in [4.69, 9.17) is 15.9 Å². The van der Waals surface area contributed by atoms with Gasteiger partial charge < -0.3 is 25.6 Å². The number of ether oxygens (including phenoxy) is 2. The molecule has 1 heterocycles. The topological polar surface area (TPSA) is 186 Å². The Kier molecular flexibility index (Phi) is 8.68. The van der Waals surface area contributed by atoms with Crippen molar-refractivity contribution in [1.29, 1.82) is 5.41 Å². The predicted octanol–water partition coefficient (Wildman–Crippen LogP) is 2.27. The van der Waals surface area contributed by atoms with Crippen LogP contribution in [0, 0.1) is 5.41 Å². The number of nitrogens with one attached hydrogen (secondary N) is 2. The van der Waals surface area contributed by atoms with Crippen molar-refractivity contribution in [2.75, 3.05) is 0 Å². The average Bonchev–Trinajstić information content (AvgIpc) is 2.85. The maximum atomic E-state index is 12.9. The van der Waals surface area contributed by atoms with E-state index in [1.165, 1.54) is 24.3 Å². The molecule has 0 fully saturated rings. The van der Waals surface area contributed by atoms with Gasteiger partial charge in [0.2, 0.25) is 0 Å². The molecule has 11 nitrogen and oxygen atoms in total. The molecule has 1 amide bonds. The Bertz CT molecular complexity index is 1360. The van der Waals surface area contributed by atoms with Crippen LogP contribution in [0.3, 0.4) is 0 Å². The zero-order valence-electron chi connectivity index (χ0n) is 20.1. The molecule has 39 heavy (non-hydrogen) atoms. The summed E-state index contributed by atoms with van der Waals surface area (Å²) < 4.78 is 45.9. The second kappa shape index (κ2) is 11.8. The van der Waals surface area contributed by atoms with Gasteiger partial charge in [-0.3, -0.25) is 15.0 Å². The number of rotatable bonds is 6. The van der Waals surface area contributed by atoms with E-state index in [9.17, 15) is 42.3 Å². The largest absolute Gasteiger partial charge is 0.491 e. The minimum absolute atomic E-state index is 0.0869. The molecule has 1 aliphatic heterocycles. The molecule has 1 aliphatic rings. The van der Waals surface area contributed by atoms with Crippen LogP contribution in [-0.4, -0.2) is 52.9 Å². The van der Waals surface area contributed by atoms with Crippen molar-refractivity contribution < 1.29 is 51.7 Å². The average molecular weight is 549 g/mol. The SMILES string of the molecule is N=C(N)c1ccc2c(c1)CCCCc1cc(C(=O)N[C@@H](CC(=O)OC(=O)C(F)(F)F)C(=O)O)ccc1C(=O)O2. The number of carboxylic acid groups (broad SMARTS) is 1. The first-order chi connectivity index (χ1) is 18.3. The molecule has 3 rings (SSSR count). The first kappa shape index (κ1) is 28.8. The van der Waals surface area contributed by atoms with Crippen molar-refractivity contribution in [3.05, 3.63) is 64.2 Å². The quantitative estimate of drug-likeness (QED) is 0.138. The second-order valence-corrected chi connectivity index (χ2v) is 8.53. The van der Waals surface area contributed by atoms with Gasteiger partial charge in [-0.15, -0.1) is 0 Å². The number of benzene rings is 2. The van der Waals surface area contributed by atoms with E-state index in [1.807, 2.05) is 5.32 Å². The number of nitrogens with two attached hydrogens (primary N) is 1. The summed E-state index contributed by atoms with van der Waals surface area (Å²) in [6.07, 6.45) is -4.59. The van der Waals surface area contributed by atoms with Gasteiger partial charge in [0.1, 0.15) is 17.6 Å². The molecule has 0 radical (unpaired) electrons. The fourth-order valence-electron chi connectivity index (χ4n) is 3.78. The lowest BCUT2D eigenvalue weighted by Crippen LogP contribution is -2.43. The Morgan fingerprint density at radius 3 is 2.28 bits per heavy atom. The van der Waals surface area contributed by atoms with E-state index >= 15 is 0 Å². The second-order valence-electron chi connectivity index (χ2n) is 8.53. The molecule has 1 atom stereocenters. The number of nitrogen functional groups attached to an aromatic ring is 1. The van der Waals surface area contributed by atoms with Crippen molar-refractivity contribution in [3.8, 4) is 5.75 Å². The Morgan fingerprint density at radius 1 is 1.05 bits per heavy atom. The summed E-state index contributed by atoms with van der Waals surface area (Å²) in [5.41, 5.74) is 7.22. The summed E-state index contributed by atoms with van der Waals surface area (Å²) in [5.74, 6) is -7.91. The minimum atomic E-state index is -5.46. The Morgan fingerprint density at radius 2 is 1.67 bits per heavy atom. The first-order valence-corrected chi connectivity index (χ1v) is 11.4. The molecule has 0 aromatic heterocycles. The number of amides is 1. The molecule has 0 unspecified atom stereocenters. The number of halogens is 3. The van der Waals surface area contributed by atoms with E-state index in [2.05, 4.69) is 4.74 Å². The summed E-state index contributed by atoms with van der Waals surface area (Å²) in [7, 11) is 0. The van der Waals surface area contributed by atoms with Gasteiger partial charge in [0.05, 0.1) is 12.0 Å². The van der Waals surface area contributed by atoms with Gasteiger partial charge in [0.25, 0.3) is 5.91 Å². The molecular weight excluding hydrogens is 527 g/mol. The van der Waals surface area contributed by atoms with Crippen LogP contribution in [0.5, 0.6) is 5.75 Å². The van der Waals surface area contributed by atoms with E-state index in [1.54, 1.807) is 12.1 Å². The van der Waals surface area contributed by atoms with Crippen molar-refractivity contribution in [2.45, 2.75) is 44.3 Å². The molecule has 206 valence electrons. The number of esters is 3. The van der Waals surface area contributed by atoms with Gasteiger partial charge in [0, 0.05) is 11.1 Å². The Labute approximate surface area is 218 Å². The van der Waals surface area contributed by atoms with Crippen LogP contribution in [0.2, 0.25) is 0 Å². The Balaban J connectivity index is 1.77. The molecule has 0 spiro atoms. The first-order valence-electron chi connectivity index (χ1n) is 11.4. The lowest BCUT2D eigenvalue weighted by atomic mass is 9.95. The number of carbonyl (C=O) groups is 5. The zero-order chi connectivity index (χ0) is 28.9. The van der Waals surface area contributed by atoms with Crippen molar-refractivity contribution >= 4 is 35.6 Å². The van der Waals surface area contributed by atoms with E-state index in [-0.39, 0.29) is 17.0 Å². The summed E-state index contributed by atoms with van der Waals surface area (Å²) >= 11 is 0. The maximum absolute atomic E-state index is 12.9. The molecule has 2 aromatic carbocycles. The highest BCUT2D eigenvalue weighted by Gasteiger charge is 2.43. The van der Waals surface area contributed by atoms with Crippen molar-refractivity contribution in [3.63, 3.8) is 0 Å². The van der Waals surface area contributed by atoms with Gasteiger partial charge in [-0.05, 0) is 73.2 Å². The van der Waals surface area contributed by atoms with Crippen LogP contribution < -0.4 is 15.8 Å². The molecule has 0 saturated carbocycles. The highest BCUT2D eigenvalue weighted by atomic mass is 19.4. The molecule has 0 aliphatic carbocycles. The fraction of sp³-hybridized carbons (Fsp3) is 0.280. The van der Waals surface area contributed by atoms with E-state index < -0.39 is 48.4 Å². The number of fused-ring (bicyclic) bond motifs is 2. The normalized spacial score (nSPS) is 14.1. The lowest BCUT2D eigenvalue weighted by Gasteiger charge is -2.17. The van der Waals surface area contributed by atoms with Crippen LogP contribution >= 0.6 is 0 Å². The third kappa shape index (κ3) is 7.40. The van der Waals surface area contributed by atoms with Gasteiger partial charge in [-0.25, -0.2) is 14.4 Å². The number of carboxylic acids is 1. The van der Waals surface area contributed by atoms with Gasteiger partial charge in [0.15, 0.2) is 0 Å². The van der Waals surface area contributed by atoms with E-state index in [0.717, 1.165) is 0 Å². The van der Waals surface area contributed by atoms with Crippen LogP contribution in [0.15, 0.2) is 36.4 Å². The number of amidine groups is 1. The number of aliphatic carboxylic acids is 1. The lowest BCUT2D eigenvalue weighted by molar-refractivity contribution is -0.202. The standard InChI is InChI=1S/C25H22F3N3O8/c26-25(27,28)24(37)39-19(32)11-17(22(34)35)31-21(33)15-5-7-16-12(9-15)3-1-2-4-13-10-14(20(29)30)6-8-18(13)38-23(16)36/h5-10,17H,1-4,11H2,(H3,29,30)(H,31,33)(H,34,35)/t17-/m0/s1. The zero-order valence-corrected chi connectivity index (χ0v) is 20.1. The van der Waals surface area contributed by atoms with Crippen LogP contribution in [-0.2, 0) is 32.0 Å². The highest BCUT2D eigenvalue weighted by molar-refractivity contribution is 6.00. The monoisotopic (exact) mass is 549 g/mol. The van der Waals surface area contributed by atoms with Gasteiger partial charge in [-0.1, -0.05) is 0 Å². The molecule has 14 heteroatoms. The molecule has 0 bridgehead atoms. The number of aryl methyl sites for hydroxylation is 2. The van der Waals surface area contributed by atoms with Crippen LogP contribution in [0.1, 0.15) is 56.7 Å². The maximum Gasteiger partial charge on any atom is 0.491 e.